The van der Waals surface area contributed by atoms with E-state index in [4.69, 9.17) is 5.73 Å². The number of hydrogen-bond acceptors (Lipinski definition) is 4. The summed E-state index contributed by atoms with van der Waals surface area (Å²) in [4.78, 5) is 11.6. The Morgan fingerprint density at radius 1 is 1.45 bits per heavy atom. The van der Waals surface area contributed by atoms with Crippen LogP contribution in [0.3, 0.4) is 0 Å². The number of benzene rings is 1. The molecule has 7 heteroatoms. The van der Waals surface area contributed by atoms with E-state index in [-0.39, 0.29) is 5.91 Å². The van der Waals surface area contributed by atoms with E-state index < -0.39 is 10.0 Å². The summed E-state index contributed by atoms with van der Waals surface area (Å²) < 4.78 is 24.6. The Labute approximate surface area is 119 Å². The maximum atomic E-state index is 11.6. The Hall–Kier alpha value is -1.60. The first-order valence-corrected chi connectivity index (χ1v) is 8.37. The molecule has 0 aliphatic carbocycles. The number of carbonyl (C=O) groups excluding carboxylic acids is 1. The molecule has 2 rings (SSSR count). The van der Waals surface area contributed by atoms with Gasteiger partial charge in [0.25, 0.3) is 0 Å². The Morgan fingerprint density at radius 3 is 2.85 bits per heavy atom. The second-order valence-corrected chi connectivity index (χ2v) is 6.78. The highest BCUT2D eigenvalue weighted by atomic mass is 32.2. The molecular formula is C13H19N3O3S. The Balaban J connectivity index is 2.12. The van der Waals surface area contributed by atoms with Crippen molar-refractivity contribution in [1.82, 2.24) is 0 Å². The molecule has 1 aliphatic heterocycles. The summed E-state index contributed by atoms with van der Waals surface area (Å²) in [6.07, 6.45) is 2.90. The molecule has 110 valence electrons. The molecule has 0 aromatic heterocycles. The van der Waals surface area contributed by atoms with E-state index in [2.05, 4.69) is 5.32 Å². The van der Waals surface area contributed by atoms with E-state index >= 15 is 0 Å². The minimum absolute atomic E-state index is 0.0756. The Bertz CT molecular complexity index is 613. The molecule has 3 N–H and O–H groups in total. The molecule has 20 heavy (non-hydrogen) atoms. The van der Waals surface area contributed by atoms with Gasteiger partial charge in [0.15, 0.2) is 0 Å². The number of sulfonamides is 1. The van der Waals surface area contributed by atoms with Gasteiger partial charge in [-0.3, -0.25) is 9.10 Å². The SMILES string of the molecule is CS(=O)(=O)N1CCc2cc(NC(=O)CCCN)ccc21. The summed E-state index contributed by atoms with van der Waals surface area (Å²) in [7, 11) is -3.23. The van der Waals surface area contributed by atoms with Crippen molar-refractivity contribution in [3.8, 4) is 0 Å². The zero-order valence-corrected chi connectivity index (χ0v) is 12.2. The summed E-state index contributed by atoms with van der Waals surface area (Å²) in [6.45, 7) is 0.944. The number of nitrogens with one attached hydrogen (secondary N) is 1. The van der Waals surface area contributed by atoms with E-state index in [9.17, 15) is 13.2 Å². The summed E-state index contributed by atoms with van der Waals surface area (Å²) in [5.41, 5.74) is 7.69. The average molecular weight is 297 g/mol. The molecule has 0 radical (unpaired) electrons. The number of fused-ring (bicyclic) bond motifs is 1. The van der Waals surface area contributed by atoms with Crippen LogP contribution in [0.25, 0.3) is 0 Å². The first-order valence-electron chi connectivity index (χ1n) is 6.52. The third-order valence-electron chi connectivity index (χ3n) is 3.22. The van der Waals surface area contributed by atoms with E-state index in [1.54, 1.807) is 12.1 Å². The molecule has 6 nitrogen and oxygen atoms in total. The molecule has 0 spiro atoms. The van der Waals surface area contributed by atoms with Crippen LogP contribution >= 0.6 is 0 Å². The predicted octanol–water partition coefficient (Wildman–Crippen LogP) is 0.686. The molecule has 0 atom stereocenters. The third-order valence-corrected chi connectivity index (χ3v) is 4.40. The lowest BCUT2D eigenvalue weighted by Gasteiger charge is -2.16. The number of rotatable bonds is 5. The fraction of sp³-hybridized carbons (Fsp3) is 0.462. The second kappa shape index (κ2) is 5.80. The molecule has 1 aromatic carbocycles. The van der Waals surface area contributed by atoms with Gasteiger partial charge in [0.2, 0.25) is 15.9 Å². The Kier molecular flexibility index (Phi) is 4.29. The van der Waals surface area contributed by atoms with Crippen LogP contribution in [0.4, 0.5) is 11.4 Å². The normalized spacial score (nSPS) is 14.2. The molecule has 0 saturated carbocycles. The van der Waals surface area contributed by atoms with Gasteiger partial charge in [-0.05, 0) is 43.1 Å². The van der Waals surface area contributed by atoms with Crippen LogP contribution in [0.1, 0.15) is 18.4 Å². The molecule has 1 amide bonds. The first kappa shape index (κ1) is 14.8. The van der Waals surface area contributed by atoms with Gasteiger partial charge in [-0.2, -0.15) is 0 Å². The number of nitrogens with two attached hydrogens (primary N) is 1. The van der Waals surface area contributed by atoms with Crippen molar-refractivity contribution in [2.45, 2.75) is 19.3 Å². The summed E-state index contributed by atoms with van der Waals surface area (Å²) in [6, 6.07) is 5.30. The topological polar surface area (TPSA) is 92.5 Å². The summed E-state index contributed by atoms with van der Waals surface area (Å²) in [5, 5.41) is 2.80. The molecule has 0 saturated heterocycles. The minimum atomic E-state index is -3.23. The zero-order valence-electron chi connectivity index (χ0n) is 11.4. The molecule has 1 heterocycles. The fourth-order valence-corrected chi connectivity index (χ4v) is 3.24. The summed E-state index contributed by atoms with van der Waals surface area (Å²) >= 11 is 0. The summed E-state index contributed by atoms with van der Waals surface area (Å²) in [5.74, 6) is -0.0756. The van der Waals surface area contributed by atoms with Gasteiger partial charge in [0, 0.05) is 18.7 Å². The number of anilines is 2. The van der Waals surface area contributed by atoms with Crippen LogP contribution in [0.5, 0.6) is 0 Å². The lowest BCUT2D eigenvalue weighted by atomic mass is 10.1. The lowest BCUT2D eigenvalue weighted by Crippen LogP contribution is -2.27. The van der Waals surface area contributed by atoms with E-state index in [0.717, 1.165) is 5.56 Å². The van der Waals surface area contributed by atoms with Gasteiger partial charge in [-0.1, -0.05) is 0 Å². The van der Waals surface area contributed by atoms with E-state index in [1.165, 1.54) is 10.6 Å². The van der Waals surface area contributed by atoms with Crippen LogP contribution in [-0.2, 0) is 21.2 Å². The maximum Gasteiger partial charge on any atom is 0.232 e. The first-order chi connectivity index (χ1) is 9.41. The molecule has 0 bridgehead atoms. The molecule has 1 aliphatic rings. The highest BCUT2D eigenvalue weighted by molar-refractivity contribution is 7.92. The van der Waals surface area contributed by atoms with Crippen molar-refractivity contribution >= 4 is 27.3 Å². The maximum absolute atomic E-state index is 11.6. The van der Waals surface area contributed by atoms with Crippen molar-refractivity contribution in [1.29, 1.82) is 0 Å². The van der Waals surface area contributed by atoms with Gasteiger partial charge in [0.05, 0.1) is 11.9 Å². The monoisotopic (exact) mass is 297 g/mol. The van der Waals surface area contributed by atoms with Crippen molar-refractivity contribution in [2.24, 2.45) is 5.73 Å². The Morgan fingerprint density at radius 2 is 2.20 bits per heavy atom. The van der Waals surface area contributed by atoms with Gasteiger partial charge in [-0.15, -0.1) is 0 Å². The average Bonchev–Trinajstić information content (AvgIpc) is 2.79. The van der Waals surface area contributed by atoms with Crippen molar-refractivity contribution in [2.75, 3.05) is 29.0 Å². The zero-order chi connectivity index (χ0) is 14.8. The van der Waals surface area contributed by atoms with Crippen LogP contribution < -0.4 is 15.4 Å². The molecule has 0 fully saturated rings. The van der Waals surface area contributed by atoms with E-state index in [1.807, 2.05) is 6.07 Å². The molecule has 1 aromatic rings. The van der Waals surface area contributed by atoms with Crippen LogP contribution in [0.2, 0.25) is 0 Å². The van der Waals surface area contributed by atoms with Crippen LogP contribution in [0, 0.1) is 0 Å². The minimum Gasteiger partial charge on any atom is -0.330 e. The predicted molar refractivity (Wildman–Crippen MR) is 79.3 cm³/mol. The van der Waals surface area contributed by atoms with Gasteiger partial charge < -0.3 is 11.1 Å². The van der Waals surface area contributed by atoms with Crippen molar-refractivity contribution < 1.29 is 13.2 Å². The molecule has 0 unspecified atom stereocenters. The molecular weight excluding hydrogens is 278 g/mol. The quantitative estimate of drug-likeness (QED) is 0.836. The number of hydrogen-bond donors (Lipinski definition) is 2. The lowest BCUT2D eigenvalue weighted by molar-refractivity contribution is -0.116. The third kappa shape index (κ3) is 3.29. The number of nitrogens with zero attached hydrogens (tertiary/aromatic N) is 1. The van der Waals surface area contributed by atoms with Crippen LogP contribution in [-0.4, -0.2) is 33.7 Å². The van der Waals surface area contributed by atoms with E-state index in [0.29, 0.717) is 43.7 Å². The van der Waals surface area contributed by atoms with Crippen molar-refractivity contribution in [3.63, 3.8) is 0 Å². The van der Waals surface area contributed by atoms with Gasteiger partial charge >= 0.3 is 0 Å². The highest BCUT2D eigenvalue weighted by Gasteiger charge is 2.26. The number of amides is 1. The van der Waals surface area contributed by atoms with Crippen molar-refractivity contribution in [3.05, 3.63) is 23.8 Å². The van der Waals surface area contributed by atoms with Gasteiger partial charge in [0.1, 0.15) is 0 Å². The van der Waals surface area contributed by atoms with Crippen LogP contribution in [0.15, 0.2) is 18.2 Å². The fourth-order valence-electron chi connectivity index (χ4n) is 2.28. The largest absolute Gasteiger partial charge is 0.330 e. The highest BCUT2D eigenvalue weighted by Crippen LogP contribution is 2.32. The van der Waals surface area contributed by atoms with Gasteiger partial charge in [-0.25, -0.2) is 8.42 Å². The standard InChI is InChI=1S/C13H19N3O3S/c1-20(18,19)16-8-6-10-9-11(4-5-12(10)16)15-13(17)3-2-7-14/h4-5,9H,2-3,6-8,14H2,1H3,(H,15,17). The smallest absolute Gasteiger partial charge is 0.232 e. The number of carbonyl (C=O) groups is 1. The second-order valence-electron chi connectivity index (χ2n) is 4.87.